The summed E-state index contributed by atoms with van der Waals surface area (Å²) in [7, 11) is 0. The summed E-state index contributed by atoms with van der Waals surface area (Å²) >= 11 is 0. The Morgan fingerprint density at radius 3 is 2.78 bits per heavy atom. The van der Waals surface area contributed by atoms with Crippen LogP contribution >= 0.6 is 0 Å². The van der Waals surface area contributed by atoms with Crippen LogP contribution in [0.3, 0.4) is 0 Å². The molecular formula is C6H10N2Pd. The molecule has 0 aromatic carbocycles. The molecule has 0 saturated heterocycles. The molecule has 54 valence electrons. The number of imidazole rings is 1. The van der Waals surface area contributed by atoms with Crippen molar-refractivity contribution in [3.05, 3.63) is 18.7 Å². The van der Waals surface area contributed by atoms with Crippen LogP contribution in [0.4, 0.5) is 0 Å². The summed E-state index contributed by atoms with van der Waals surface area (Å²) in [5, 5.41) is 0. The third kappa shape index (κ3) is 2.79. The van der Waals surface area contributed by atoms with Crippen molar-refractivity contribution in [2.75, 3.05) is 0 Å². The fraction of sp³-hybridized carbons (Fsp3) is 0.500. The van der Waals surface area contributed by atoms with Gasteiger partial charge in [-0.05, 0) is 6.42 Å². The molecule has 2 nitrogen and oxygen atoms in total. The molecule has 0 saturated carbocycles. The van der Waals surface area contributed by atoms with E-state index < -0.39 is 0 Å². The van der Waals surface area contributed by atoms with Gasteiger partial charge < -0.3 is 4.57 Å². The zero-order valence-corrected chi connectivity index (χ0v) is 6.91. The summed E-state index contributed by atoms with van der Waals surface area (Å²) in [6, 6.07) is 0. The van der Waals surface area contributed by atoms with Gasteiger partial charge in [0.15, 0.2) is 0 Å². The van der Waals surface area contributed by atoms with Crippen molar-refractivity contribution in [2.24, 2.45) is 0 Å². The molecule has 0 N–H and O–H groups in total. The SMILES string of the molecule is CCCn1ccnc1.[Pd]. The minimum Gasteiger partial charge on any atom is -0.338 e. The van der Waals surface area contributed by atoms with Gasteiger partial charge in [0.1, 0.15) is 0 Å². The standard InChI is InChI=1S/C6H10N2.Pd/c1-2-4-8-5-3-7-6-8;/h3,5-6H,2,4H2,1H3;. The zero-order chi connectivity index (χ0) is 5.82. The molecule has 0 fully saturated rings. The molecule has 0 unspecified atom stereocenters. The van der Waals surface area contributed by atoms with Crippen LogP contribution in [-0.4, -0.2) is 9.55 Å². The molecule has 0 amide bonds. The summed E-state index contributed by atoms with van der Waals surface area (Å²) in [4.78, 5) is 3.90. The van der Waals surface area contributed by atoms with Gasteiger partial charge in [0.05, 0.1) is 6.33 Å². The second kappa shape index (κ2) is 4.72. The van der Waals surface area contributed by atoms with E-state index in [4.69, 9.17) is 0 Å². The molecule has 0 radical (unpaired) electrons. The van der Waals surface area contributed by atoms with Gasteiger partial charge in [-0.2, -0.15) is 0 Å². The first kappa shape index (κ1) is 8.87. The van der Waals surface area contributed by atoms with Crippen molar-refractivity contribution in [1.82, 2.24) is 9.55 Å². The number of hydrogen-bond donors (Lipinski definition) is 0. The summed E-state index contributed by atoms with van der Waals surface area (Å²) in [5.74, 6) is 0. The van der Waals surface area contributed by atoms with Crippen molar-refractivity contribution < 1.29 is 20.4 Å². The maximum absolute atomic E-state index is 3.90. The first-order valence-corrected chi connectivity index (χ1v) is 2.89. The van der Waals surface area contributed by atoms with Crippen molar-refractivity contribution in [2.45, 2.75) is 19.9 Å². The Bertz CT molecular complexity index is 137. The number of aryl methyl sites for hydroxylation is 1. The number of rotatable bonds is 2. The Labute approximate surface area is 68.9 Å². The maximum Gasteiger partial charge on any atom is 0.0945 e. The smallest absolute Gasteiger partial charge is 0.0945 e. The second-order valence-corrected chi connectivity index (χ2v) is 1.80. The van der Waals surface area contributed by atoms with Gasteiger partial charge in [-0.3, -0.25) is 0 Å². The van der Waals surface area contributed by atoms with E-state index in [9.17, 15) is 0 Å². The molecule has 1 aromatic rings. The fourth-order valence-corrected chi connectivity index (χ4v) is 0.677. The zero-order valence-electron chi connectivity index (χ0n) is 5.36. The molecule has 0 atom stereocenters. The Kier molecular flexibility index (Phi) is 4.66. The van der Waals surface area contributed by atoms with Gasteiger partial charge in [-0.1, -0.05) is 6.92 Å². The Hall–Kier alpha value is -0.128. The van der Waals surface area contributed by atoms with E-state index in [1.165, 1.54) is 6.42 Å². The van der Waals surface area contributed by atoms with Crippen molar-refractivity contribution in [1.29, 1.82) is 0 Å². The summed E-state index contributed by atoms with van der Waals surface area (Å²) in [5.41, 5.74) is 0. The summed E-state index contributed by atoms with van der Waals surface area (Å²) < 4.78 is 2.07. The molecule has 1 aromatic heterocycles. The fourth-order valence-electron chi connectivity index (χ4n) is 0.677. The first-order valence-electron chi connectivity index (χ1n) is 2.89. The van der Waals surface area contributed by atoms with Crippen molar-refractivity contribution >= 4 is 0 Å². The van der Waals surface area contributed by atoms with Gasteiger partial charge in [-0.25, -0.2) is 4.98 Å². The quantitative estimate of drug-likeness (QED) is 0.682. The minimum absolute atomic E-state index is 0. The van der Waals surface area contributed by atoms with Crippen molar-refractivity contribution in [3.8, 4) is 0 Å². The minimum atomic E-state index is 0. The van der Waals surface area contributed by atoms with Crippen LogP contribution in [-0.2, 0) is 27.0 Å². The molecular weight excluding hydrogens is 206 g/mol. The Morgan fingerprint density at radius 1 is 1.56 bits per heavy atom. The monoisotopic (exact) mass is 216 g/mol. The van der Waals surface area contributed by atoms with E-state index >= 15 is 0 Å². The third-order valence-electron chi connectivity index (χ3n) is 1.04. The predicted octanol–water partition coefficient (Wildman–Crippen LogP) is 1.29. The predicted molar refractivity (Wildman–Crippen MR) is 32.5 cm³/mol. The molecule has 0 bridgehead atoms. The van der Waals surface area contributed by atoms with Gasteiger partial charge in [0.25, 0.3) is 0 Å². The molecule has 0 aliphatic heterocycles. The summed E-state index contributed by atoms with van der Waals surface area (Å²) in [6.07, 6.45) is 6.79. The number of nitrogens with zero attached hydrogens (tertiary/aromatic N) is 2. The average Bonchev–Trinajstić information content (AvgIpc) is 2.19. The van der Waals surface area contributed by atoms with Crippen LogP contribution in [0.15, 0.2) is 18.7 Å². The maximum atomic E-state index is 3.90. The number of hydrogen-bond acceptors (Lipinski definition) is 1. The van der Waals surface area contributed by atoms with Crippen LogP contribution in [0.5, 0.6) is 0 Å². The molecule has 9 heavy (non-hydrogen) atoms. The van der Waals surface area contributed by atoms with Gasteiger partial charge in [0.2, 0.25) is 0 Å². The first-order chi connectivity index (χ1) is 3.93. The van der Waals surface area contributed by atoms with Crippen LogP contribution < -0.4 is 0 Å². The molecule has 0 aliphatic rings. The summed E-state index contributed by atoms with van der Waals surface area (Å²) in [6.45, 7) is 3.24. The van der Waals surface area contributed by atoms with Gasteiger partial charge in [-0.15, -0.1) is 0 Å². The second-order valence-electron chi connectivity index (χ2n) is 1.80. The Morgan fingerprint density at radius 2 is 2.33 bits per heavy atom. The average molecular weight is 217 g/mol. The van der Waals surface area contributed by atoms with Crippen LogP contribution in [0, 0.1) is 0 Å². The topological polar surface area (TPSA) is 17.8 Å². The van der Waals surface area contributed by atoms with E-state index in [1.54, 1.807) is 6.20 Å². The molecule has 0 aliphatic carbocycles. The van der Waals surface area contributed by atoms with E-state index in [2.05, 4.69) is 16.5 Å². The van der Waals surface area contributed by atoms with Crippen LogP contribution in [0.1, 0.15) is 13.3 Å². The van der Waals surface area contributed by atoms with E-state index in [-0.39, 0.29) is 20.4 Å². The van der Waals surface area contributed by atoms with Gasteiger partial charge >= 0.3 is 0 Å². The molecule has 1 rings (SSSR count). The number of aromatic nitrogens is 2. The Balaban J connectivity index is 0.000000640. The van der Waals surface area contributed by atoms with Gasteiger partial charge in [0, 0.05) is 39.4 Å². The van der Waals surface area contributed by atoms with E-state index in [0.717, 1.165) is 6.54 Å². The molecule has 1 heterocycles. The van der Waals surface area contributed by atoms with Crippen LogP contribution in [0.25, 0.3) is 0 Å². The molecule has 0 spiro atoms. The normalized spacial score (nSPS) is 8.56. The largest absolute Gasteiger partial charge is 0.338 e. The van der Waals surface area contributed by atoms with Crippen LogP contribution in [0.2, 0.25) is 0 Å². The van der Waals surface area contributed by atoms with E-state index in [1.807, 2.05) is 12.5 Å². The van der Waals surface area contributed by atoms with E-state index in [0.29, 0.717) is 0 Å². The van der Waals surface area contributed by atoms with Crippen molar-refractivity contribution in [3.63, 3.8) is 0 Å². The molecule has 3 heteroatoms. The third-order valence-corrected chi connectivity index (χ3v) is 1.04.